The largest absolute Gasteiger partial charge is 0.350 e. The second kappa shape index (κ2) is 7.77. The van der Waals surface area contributed by atoms with Crippen LogP contribution in [-0.2, 0) is 0 Å². The number of amides is 1. The minimum Gasteiger partial charge on any atom is -0.350 e. The highest BCUT2D eigenvalue weighted by Crippen LogP contribution is 2.18. The lowest BCUT2D eigenvalue weighted by atomic mass is 10.0. The van der Waals surface area contributed by atoms with Crippen molar-refractivity contribution in [3.05, 3.63) is 48.0 Å². The van der Waals surface area contributed by atoms with E-state index in [4.69, 9.17) is 0 Å². The van der Waals surface area contributed by atoms with E-state index in [1.165, 1.54) is 0 Å². The molecule has 1 N–H and O–H groups in total. The Morgan fingerprint density at radius 1 is 1.08 bits per heavy atom. The van der Waals surface area contributed by atoms with Crippen LogP contribution >= 0.6 is 0 Å². The molecule has 4 heteroatoms. The number of carbonyl (C=O) groups excluding carboxylic acids is 1. The summed E-state index contributed by atoms with van der Waals surface area (Å²) < 4.78 is 0. The fraction of sp³-hybridized carbons (Fsp3) is 0.450. The number of benzene rings is 2. The highest BCUT2D eigenvalue weighted by Gasteiger charge is 2.16. The molecule has 3 rings (SSSR count). The summed E-state index contributed by atoms with van der Waals surface area (Å²) in [5, 5.41) is 5.28. The van der Waals surface area contributed by atoms with Gasteiger partial charge in [-0.05, 0) is 37.2 Å². The quantitative estimate of drug-likeness (QED) is 0.918. The van der Waals surface area contributed by atoms with Crippen molar-refractivity contribution < 1.29 is 4.79 Å². The van der Waals surface area contributed by atoms with Crippen molar-refractivity contribution >= 4 is 16.7 Å². The van der Waals surface area contributed by atoms with Crippen LogP contribution < -0.4 is 5.32 Å². The zero-order valence-electron chi connectivity index (χ0n) is 14.7. The highest BCUT2D eigenvalue weighted by atomic mass is 16.1. The first kappa shape index (κ1) is 16.9. The Balaban J connectivity index is 1.56. The summed E-state index contributed by atoms with van der Waals surface area (Å²) in [6.07, 6.45) is 0.986. The molecule has 1 unspecified atom stereocenters. The Morgan fingerprint density at radius 2 is 1.79 bits per heavy atom. The summed E-state index contributed by atoms with van der Waals surface area (Å²) in [4.78, 5) is 17.5. The maximum Gasteiger partial charge on any atom is 0.252 e. The Labute approximate surface area is 144 Å². The molecule has 24 heavy (non-hydrogen) atoms. The first-order valence-corrected chi connectivity index (χ1v) is 8.83. The van der Waals surface area contributed by atoms with Gasteiger partial charge in [-0.15, -0.1) is 0 Å². The molecule has 2 aromatic carbocycles. The van der Waals surface area contributed by atoms with E-state index in [1.807, 2.05) is 42.5 Å². The Kier molecular flexibility index (Phi) is 5.48. The van der Waals surface area contributed by atoms with Gasteiger partial charge in [0.1, 0.15) is 0 Å². The van der Waals surface area contributed by atoms with Gasteiger partial charge in [0.15, 0.2) is 0 Å². The average Bonchev–Trinajstić information content (AvgIpc) is 2.60. The number of nitrogens with zero attached hydrogens (tertiary/aromatic N) is 2. The lowest BCUT2D eigenvalue weighted by Crippen LogP contribution is -2.46. The van der Waals surface area contributed by atoms with Gasteiger partial charge in [-0.3, -0.25) is 4.79 Å². The minimum atomic E-state index is 0.0256. The second-order valence-electron chi connectivity index (χ2n) is 6.83. The third-order valence-electron chi connectivity index (χ3n) is 4.89. The Hall–Kier alpha value is -1.91. The van der Waals surface area contributed by atoms with Crippen LogP contribution in [0.15, 0.2) is 42.5 Å². The fourth-order valence-electron chi connectivity index (χ4n) is 3.24. The van der Waals surface area contributed by atoms with Gasteiger partial charge in [0.2, 0.25) is 0 Å². The van der Waals surface area contributed by atoms with Gasteiger partial charge in [-0.1, -0.05) is 36.4 Å². The van der Waals surface area contributed by atoms with Crippen LogP contribution in [0.3, 0.4) is 0 Å². The number of nitrogens with one attached hydrogen (secondary N) is 1. The molecule has 1 saturated heterocycles. The van der Waals surface area contributed by atoms with Crippen molar-refractivity contribution in [1.29, 1.82) is 0 Å². The van der Waals surface area contributed by atoms with Crippen molar-refractivity contribution in [2.45, 2.75) is 19.4 Å². The second-order valence-corrected chi connectivity index (χ2v) is 6.83. The van der Waals surface area contributed by atoms with Gasteiger partial charge in [-0.2, -0.15) is 0 Å². The van der Waals surface area contributed by atoms with Gasteiger partial charge in [0, 0.05) is 44.3 Å². The van der Waals surface area contributed by atoms with Gasteiger partial charge >= 0.3 is 0 Å². The summed E-state index contributed by atoms with van der Waals surface area (Å²) in [6, 6.07) is 14.1. The highest BCUT2D eigenvalue weighted by molar-refractivity contribution is 6.07. The van der Waals surface area contributed by atoms with E-state index in [0.29, 0.717) is 0 Å². The van der Waals surface area contributed by atoms with Crippen LogP contribution in [0.5, 0.6) is 0 Å². The molecule has 1 aliphatic heterocycles. The fourth-order valence-corrected chi connectivity index (χ4v) is 3.24. The zero-order chi connectivity index (χ0) is 16.9. The van der Waals surface area contributed by atoms with E-state index in [0.717, 1.165) is 55.5 Å². The van der Waals surface area contributed by atoms with Gasteiger partial charge < -0.3 is 15.1 Å². The molecule has 2 aromatic rings. The van der Waals surface area contributed by atoms with Crippen molar-refractivity contribution in [2.75, 3.05) is 39.8 Å². The lowest BCUT2D eigenvalue weighted by molar-refractivity contribution is 0.0933. The SMILES string of the molecule is CC(CCN1CCN(C)CC1)NC(=O)c1cccc2ccccc12. The number of fused-ring (bicyclic) bond motifs is 1. The first-order chi connectivity index (χ1) is 11.6. The molecule has 128 valence electrons. The normalized spacial score (nSPS) is 17.8. The first-order valence-electron chi connectivity index (χ1n) is 8.83. The molecule has 1 heterocycles. The molecule has 1 atom stereocenters. The van der Waals surface area contributed by atoms with Crippen LogP contribution in [0.1, 0.15) is 23.7 Å². The maximum absolute atomic E-state index is 12.6. The molecule has 0 bridgehead atoms. The van der Waals surface area contributed by atoms with Crippen LogP contribution in [-0.4, -0.2) is 61.5 Å². The van der Waals surface area contributed by atoms with E-state index in [1.54, 1.807) is 0 Å². The number of hydrogen-bond acceptors (Lipinski definition) is 3. The molecule has 0 aliphatic carbocycles. The van der Waals surface area contributed by atoms with Gasteiger partial charge in [0.25, 0.3) is 5.91 Å². The summed E-state index contributed by atoms with van der Waals surface area (Å²) in [5.74, 6) is 0.0256. The minimum absolute atomic E-state index is 0.0256. The molecule has 0 spiro atoms. The Morgan fingerprint density at radius 3 is 2.58 bits per heavy atom. The number of hydrogen-bond donors (Lipinski definition) is 1. The van der Waals surface area contributed by atoms with Crippen LogP contribution in [0, 0.1) is 0 Å². The standard InChI is InChI=1S/C20H27N3O/c1-16(10-11-23-14-12-22(2)13-15-23)21-20(24)19-9-5-7-17-6-3-4-8-18(17)19/h3-9,16H,10-15H2,1-2H3,(H,21,24). The van der Waals surface area contributed by atoms with Crippen molar-refractivity contribution in [2.24, 2.45) is 0 Å². The molecule has 4 nitrogen and oxygen atoms in total. The van der Waals surface area contributed by atoms with Crippen molar-refractivity contribution in [1.82, 2.24) is 15.1 Å². The maximum atomic E-state index is 12.6. The number of likely N-dealkylation sites (N-methyl/N-ethyl adjacent to an activating group) is 1. The predicted octanol–water partition coefficient (Wildman–Crippen LogP) is 2.60. The summed E-state index contributed by atoms with van der Waals surface area (Å²) in [6.45, 7) is 7.67. The van der Waals surface area contributed by atoms with E-state index in [2.05, 4.69) is 29.1 Å². The topological polar surface area (TPSA) is 35.6 Å². The molecule has 1 amide bonds. The Bertz CT molecular complexity index is 687. The predicted molar refractivity (Wildman–Crippen MR) is 99.4 cm³/mol. The molecule has 1 fully saturated rings. The van der Waals surface area contributed by atoms with E-state index in [9.17, 15) is 4.79 Å². The summed E-state index contributed by atoms with van der Waals surface area (Å²) in [5.41, 5.74) is 0.763. The van der Waals surface area contributed by atoms with E-state index < -0.39 is 0 Å². The molecule has 0 saturated carbocycles. The van der Waals surface area contributed by atoms with Crippen LogP contribution in [0.2, 0.25) is 0 Å². The molecular formula is C20H27N3O. The van der Waals surface area contributed by atoms with E-state index >= 15 is 0 Å². The zero-order valence-corrected chi connectivity index (χ0v) is 14.7. The number of carbonyl (C=O) groups is 1. The lowest BCUT2D eigenvalue weighted by Gasteiger charge is -2.33. The van der Waals surface area contributed by atoms with Crippen LogP contribution in [0.4, 0.5) is 0 Å². The third kappa shape index (κ3) is 4.13. The number of rotatable bonds is 5. The summed E-state index contributed by atoms with van der Waals surface area (Å²) >= 11 is 0. The molecule has 1 aliphatic rings. The molecule has 0 radical (unpaired) electrons. The van der Waals surface area contributed by atoms with Gasteiger partial charge in [-0.25, -0.2) is 0 Å². The van der Waals surface area contributed by atoms with Crippen molar-refractivity contribution in [3.8, 4) is 0 Å². The van der Waals surface area contributed by atoms with Crippen molar-refractivity contribution in [3.63, 3.8) is 0 Å². The van der Waals surface area contributed by atoms with E-state index in [-0.39, 0.29) is 11.9 Å². The average molecular weight is 325 g/mol. The number of piperazine rings is 1. The van der Waals surface area contributed by atoms with Gasteiger partial charge in [0.05, 0.1) is 0 Å². The smallest absolute Gasteiger partial charge is 0.252 e. The summed E-state index contributed by atoms with van der Waals surface area (Å²) in [7, 11) is 2.17. The molecule has 0 aromatic heterocycles. The third-order valence-corrected chi connectivity index (χ3v) is 4.89. The monoisotopic (exact) mass is 325 g/mol. The molecular weight excluding hydrogens is 298 g/mol. The van der Waals surface area contributed by atoms with Crippen LogP contribution in [0.25, 0.3) is 10.8 Å².